The molecule has 1 aliphatic heterocycles. The number of rotatable bonds is 5. The summed E-state index contributed by atoms with van der Waals surface area (Å²) in [7, 11) is 0. The first kappa shape index (κ1) is 18.4. The molecule has 1 unspecified atom stereocenters. The Morgan fingerprint density at radius 1 is 1.46 bits per heavy atom. The number of fused-ring (bicyclic) bond motifs is 1. The van der Waals surface area contributed by atoms with Crippen molar-refractivity contribution in [1.82, 2.24) is 19.6 Å². The molecular formula is C18H17ClFN5O3. The summed E-state index contributed by atoms with van der Waals surface area (Å²) in [5.41, 5.74) is 0.602. The average Bonchev–Trinajstić information content (AvgIpc) is 3.34. The van der Waals surface area contributed by atoms with Crippen LogP contribution in [0.2, 0.25) is 0 Å². The summed E-state index contributed by atoms with van der Waals surface area (Å²) in [4.78, 5) is 33.3. The van der Waals surface area contributed by atoms with E-state index in [9.17, 15) is 14.0 Å². The molecule has 4 heterocycles. The van der Waals surface area contributed by atoms with Crippen molar-refractivity contribution in [3.8, 4) is 0 Å². The highest BCUT2D eigenvalue weighted by molar-refractivity contribution is 6.18. The third kappa shape index (κ3) is 3.33. The molecular weight excluding hydrogens is 389 g/mol. The second-order valence-corrected chi connectivity index (χ2v) is 6.77. The normalized spacial score (nSPS) is 16.6. The molecule has 0 radical (unpaired) electrons. The number of hydrogen-bond acceptors (Lipinski definition) is 6. The van der Waals surface area contributed by atoms with E-state index in [1.165, 1.54) is 16.8 Å². The number of nitrogens with one attached hydrogen (secondary N) is 1. The maximum Gasteiger partial charge on any atom is 0.343 e. The molecule has 0 spiro atoms. The van der Waals surface area contributed by atoms with Crippen LogP contribution in [0, 0.1) is 5.82 Å². The van der Waals surface area contributed by atoms with E-state index in [-0.39, 0.29) is 29.7 Å². The van der Waals surface area contributed by atoms with Gasteiger partial charge < -0.3 is 14.6 Å². The summed E-state index contributed by atoms with van der Waals surface area (Å²) in [6.07, 6.45) is 5.64. The third-order valence-electron chi connectivity index (χ3n) is 4.69. The van der Waals surface area contributed by atoms with Crippen LogP contribution >= 0.6 is 11.6 Å². The van der Waals surface area contributed by atoms with Gasteiger partial charge in [-0.15, -0.1) is 11.6 Å². The number of carbonyl (C=O) groups is 1. The summed E-state index contributed by atoms with van der Waals surface area (Å²) in [6, 6.07) is 2.71. The van der Waals surface area contributed by atoms with Gasteiger partial charge >= 0.3 is 5.97 Å². The first-order valence-electron chi connectivity index (χ1n) is 8.80. The minimum absolute atomic E-state index is 0.0912. The smallest absolute Gasteiger partial charge is 0.343 e. The molecule has 3 aromatic rings. The Labute approximate surface area is 163 Å². The zero-order valence-electron chi connectivity index (χ0n) is 14.8. The molecule has 1 N–H and O–H groups in total. The van der Waals surface area contributed by atoms with Crippen LogP contribution in [0.25, 0.3) is 5.65 Å². The number of anilines is 1. The van der Waals surface area contributed by atoms with Crippen molar-refractivity contribution in [1.29, 1.82) is 0 Å². The van der Waals surface area contributed by atoms with E-state index in [2.05, 4.69) is 15.1 Å². The van der Waals surface area contributed by atoms with Crippen LogP contribution in [0.3, 0.4) is 0 Å². The Morgan fingerprint density at radius 3 is 3.14 bits per heavy atom. The number of carbonyl (C=O) groups excluding carboxylic acids is 1. The van der Waals surface area contributed by atoms with E-state index in [1.54, 1.807) is 12.3 Å². The lowest BCUT2D eigenvalue weighted by Gasteiger charge is -2.25. The zero-order valence-corrected chi connectivity index (χ0v) is 15.5. The Balaban J connectivity index is 1.71. The molecule has 28 heavy (non-hydrogen) atoms. The number of alkyl halides is 1. The number of ether oxygens (including phenoxy) is 1. The monoisotopic (exact) mass is 405 g/mol. The lowest BCUT2D eigenvalue weighted by atomic mass is 10.1. The molecule has 8 nitrogen and oxygen atoms in total. The lowest BCUT2D eigenvalue weighted by molar-refractivity contribution is 0.0531. The highest BCUT2D eigenvalue weighted by Crippen LogP contribution is 2.34. The summed E-state index contributed by atoms with van der Waals surface area (Å²) in [5.74, 6) is -0.281. The molecule has 3 aromatic heterocycles. The quantitative estimate of drug-likeness (QED) is 0.517. The molecule has 0 bridgehead atoms. The fourth-order valence-electron chi connectivity index (χ4n) is 3.46. The van der Waals surface area contributed by atoms with E-state index in [0.29, 0.717) is 30.0 Å². The highest BCUT2D eigenvalue weighted by atomic mass is 35.5. The minimum atomic E-state index is -0.556. The van der Waals surface area contributed by atoms with Gasteiger partial charge in [-0.1, -0.05) is 0 Å². The maximum absolute atomic E-state index is 13.7. The third-order valence-corrected chi connectivity index (χ3v) is 4.84. The highest BCUT2D eigenvalue weighted by Gasteiger charge is 2.30. The van der Waals surface area contributed by atoms with Crippen LogP contribution in [-0.4, -0.2) is 44.6 Å². The van der Waals surface area contributed by atoms with Crippen LogP contribution in [0.4, 0.5) is 10.2 Å². The van der Waals surface area contributed by atoms with E-state index in [0.717, 1.165) is 12.6 Å². The van der Waals surface area contributed by atoms with Gasteiger partial charge in [0.1, 0.15) is 23.8 Å². The van der Waals surface area contributed by atoms with Gasteiger partial charge in [0.15, 0.2) is 5.65 Å². The number of nitrogens with zero attached hydrogens (tertiary/aromatic N) is 4. The number of pyridine rings is 1. The fourth-order valence-corrected chi connectivity index (χ4v) is 3.53. The van der Waals surface area contributed by atoms with Crippen molar-refractivity contribution in [2.24, 2.45) is 0 Å². The van der Waals surface area contributed by atoms with Gasteiger partial charge in [0.05, 0.1) is 18.1 Å². The van der Waals surface area contributed by atoms with E-state index in [1.807, 2.05) is 4.90 Å². The number of aromatic nitrogens is 4. The summed E-state index contributed by atoms with van der Waals surface area (Å²) in [6.45, 7) is 0.748. The number of esters is 1. The van der Waals surface area contributed by atoms with E-state index >= 15 is 0 Å². The fraction of sp³-hybridized carbons (Fsp3) is 0.333. The van der Waals surface area contributed by atoms with Crippen molar-refractivity contribution in [2.45, 2.75) is 18.9 Å². The number of aromatic amines is 1. The standard InChI is InChI=1S/C18H17ClFN5O3/c19-4-7-28-18(27)13-10-22-25-6-3-15(23-16(13)25)24-5-1-2-14(24)12-8-11(20)9-21-17(12)26/h3,6,8-10,14H,1-2,4-5,7H2,(H,21,26). The molecule has 0 saturated carbocycles. The second-order valence-electron chi connectivity index (χ2n) is 6.39. The minimum Gasteiger partial charge on any atom is -0.461 e. The maximum atomic E-state index is 13.7. The predicted molar refractivity (Wildman–Crippen MR) is 100 cm³/mol. The molecule has 1 saturated heterocycles. The van der Waals surface area contributed by atoms with Gasteiger partial charge in [-0.05, 0) is 25.0 Å². The van der Waals surface area contributed by atoms with Gasteiger partial charge in [0.25, 0.3) is 5.56 Å². The van der Waals surface area contributed by atoms with E-state index < -0.39 is 11.8 Å². The first-order chi connectivity index (χ1) is 13.6. The molecule has 146 valence electrons. The second kappa shape index (κ2) is 7.59. The topological polar surface area (TPSA) is 92.6 Å². The van der Waals surface area contributed by atoms with E-state index in [4.69, 9.17) is 16.3 Å². The Morgan fingerprint density at radius 2 is 2.32 bits per heavy atom. The molecule has 1 fully saturated rings. The largest absolute Gasteiger partial charge is 0.461 e. The molecule has 4 rings (SSSR count). The van der Waals surface area contributed by atoms with Crippen molar-refractivity contribution in [3.05, 3.63) is 58.0 Å². The van der Waals surface area contributed by atoms with Crippen LogP contribution in [0.5, 0.6) is 0 Å². The molecule has 0 aromatic carbocycles. The first-order valence-corrected chi connectivity index (χ1v) is 9.34. The Hall–Kier alpha value is -2.94. The van der Waals surface area contributed by atoms with Crippen molar-refractivity contribution >= 4 is 29.0 Å². The zero-order chi connectivity index (χ0) is 19.7. The van der Waals surface area contributed by atoms with Crippen LogP contribution < -0.4 is 10.5 Å². The number of hydrogen-bond donors (Lipinski definition) is 1. The van der Waals surface area contributed by atoms with Gasteiger partial charge in [0.2, 0.25) is 0 Å². The SMILES string of the molecule is O=C(OCCCl)c1cnn2ccc(N3CCCC3c3cc(F)c[nH]c3=O)nc12. The molecule has 1 atom stereocenters. The molecule has 0 aliphatic carbocycles. The van der Waals surface area contributed by atoms with Gasteiger partial charge in [0, 0.05) is 24.5 Å². The Kier molecular flexibility index (Phi) is 4.99. The molecule has 10 heteroatoms. The molecule has 1 aliphatic rings. The van der Waals surface area contributed by atoms with Gasteiger partial charge in [-0.3, -0.25) is 4.79 Å². The van der Waals surface area contributed by atoms with Crippen molar-refractivity contribution < 1.29 is 13.9 Å². The van der Waals surface area contributed by atoms with Crippen molar-refractivity contribution in [3.63, 3.8) is 0 Å². The number of H-pyrrole nitrogens is 1. The summed E-state index contributed by atoms with van der Waals surface area (Å²) < 4.78 is 20.2. The summed E-state index contributed by atoms with van der Waals surface area (Å²) in [5, 5.41) is 4.12. The Bertz CT molecular complexity index is 1080. The lowest BCUT2D eigenvalue weighted by Crippen LogP contribution is -2.28. The number of halogens is 2. The summed E-state index contributed by atoms with van der Waals surface area (Å²) >= 11 is 5.56. The van der Waals surface area contributed by atoms with Crippen LogP contribution in [0.15, 0.2) is 35.5 Å². The average molecular weight is 406 g/mol. The molecule has 0 amide bonds. The van der Waals surface area contributed by atoms with Gasteiger partial charge in [-0.2, -0.15) is 5.10 Å². The van der Waals surface area contributed by atoms with Crippen LogP contribution in [0.1, 0.15) is 34.8 Å². The van der Waals surface area contributed by atoms with Crippen LogP contribution in [-0.2, 0) is 4.74 Å². The van der Waals surface area contributed by atoms with Crippen molar-refractivity contribution in [2.75, 3.05) is 23.9 Å². The van der Waals surface area contributed by atoms with Gasteiger partial charge in [-0.25, -0.2) is 18.7 Å². The predicted octanol–water partition coefficient (Wildman–Crippen LogP) is 2.29.